The van der Waals surface area contributed by atoms with Crippen LogP contribution in [0.25, 0.3) is 0 Å². The molecule has 0 unspecified atom stereocenters. The number of aliphatic hydroxyl groups excluding tert-OH is 1. The summed E-state index contributed by atoms with van der Waals surface area (Å²) < 4.78 is 0. The van der Waals surface area contributed by atoms with Gasteiger partial charge in [-0.15, -0.1) is 0 Å². The van der Waals surface area contributed by atoms with Gasteiger partial charge in [0.2, 0.25) is 0 Å². The van der Waals surface area contributed by atoms with Crippen LogP contribution in [-0.4, -0.2) is 35.6 Å². The number of likely N-dealkylation sites (tertiary alicyclic amines) is 1. The van der Waals surface area contributed by atoms with Crippen LogP contribution in [0.1, 0.15) is 28.8 Å². The number of nitrogens with one attached hydrogen (secondary N) is 1. The lowest BCUT2D eigenvalue weighted by Crippen LogP contribution is -2.39. The van der Waals surface area contributed by atoms with Gasteiger partial charge in [-0.05, 0) is 42.5 Å². The van der Waals surface area contributed by atoms with E-state index >= 15 is 0 Å². The molecule has 4 nitrogen and oxygen atoms in total. The molecule has 0 saturated carbocycles. The van der Waals surface area contributed by atoms with Crippen molar-refractivity contribution >= 4 is 11.6 Å². The molecule has 24 heavy (non-hydrogen) atoms. The lowest BCUT2D eigenvalue weighted by Gasteiger charge is -2.31. The predicted molar refractivity (Wildman–Crippen MR) is 95.9 cm³/mol. The van der Waals surface area contributed by atoms with Crippen molar-refractivity contribution in [2.24, 2.45) is 5.92 Å². The highest BCUT2D eigenvalue weighted by Crippen LogP contribution is 2.20. The number of rotatable bonds is 5. The fraction of sp³-hybridized carbons (Fsp3) is 0.350. The standard InChI is InChI=1S/C20H24N2O2/c23-15-17-9-11-22(12-10-17)20(24)18-7-4-8-19(13-18)21-14-16-5-2-1-3-6-16/h1-8,13,17,21,23H,9-12,14-15H2. The Bertz CT molecular complexity index is 664. The van der Waals surface area contributed by atoms with Crippen molar-refractivity contribution in [3.8, 4) is 0 Å². The normalized spacial score (nSPS) is 15.3. The number of piperidine rings is 1. The molecule has 0 aromatic heterocycles. The van der Waals surface area contributed by atoms with Crippen molar-refractivity contribution in [3.05, 3.63) is 65.7 Å². The Morgan fingerprint density at radius 3 is 2.54 bits per heavy atom. The molecule has 3 rings (SSSR count). The van der Waals surface area contributed by atoms with Gasteiger partial charge in [-0.1, -0.05) is 36.4 Å². The summed E-state index contributed by atoms with van der Waals surface area (Å²) in [5, 5.41) is 12.6. The minimum absolute atomic E-state index is 0.0785. The van der Waals surface area contributed by atoms with Gasteiger partial charge in [0.25, 0.3) is 5.91 Å². The third kappa shape index (κ3) is 4.15. The lowest BCUT2D eigenvalue weighted by atomic mass is 9.97. The molecule has 126 valence electrons. The summed E-state index contributed by atoms with van der Waals surface area (Å²) >= 11 is 0. The van der Waals surface area contributed by atoms with E-state index in [2.05, 4.69) is 17.4 Å². The van der Waals surface area contributed by atoms with Crippen molar-refractivity contribution in [2.45, 2.75) is 19.4 Å². The molecule has 1 heterocycles. The Morgan fingerprint density at radius 2 is 1.83 bits per heavy atom. The van der Waals surface area contributed by atoms with Crippen LogP contribution in [0.5, 0.6) is 0 Å². The van der Waals surface area contributed by atoms with E-state index in [-0.39, 0.29) is 12.5 Å². The average molecular weight is 324 g/mol. The fourth-order valence-electron chi connectivity index (χ4n) is 3.06. The molecular formula is C20H24N2O2. The molecule has 0 bridgehead atoms. The number of carbonyl (C=O) groups excluding carboxylic acids is 1. The van der Waals surface area contributed by atoms with Crippen molar-refractivity contribution in [1.29, 1.82) is 0 Å². The van der Waals surface area contributed by atoms with Crippen molar-refractivity contribution in [1.82, 2.24) is 4.90 Å². The van der Waals surface area contributed by atoms with Gasteiger partial charge in [-0.2, -0.15) is 0 Å². The maximum Gasteiger partial charge on any atom is 0.253 e. The summed E-state index contributed by atoms with van der Waals surface area (Å²) in [6.07, 6.45) is 1.77. The van der Waals surface area contributed by atoms with Crippen LogP contribution in [0.3, 0.4) is 0 Å². The Labute approximate surface area is 143 Å². The average Bonchev–Trinajstić information content (AvgIpc) is 2.67. The molecule has 0 radical (unpaired) electrons. The zero-order chi connectivity index (χ0) is 16.8. The van der Waals surface area contributed by atoms with Crippen molar-refractivity contribution in [3.63, 3.8) is 0 Å². The third-order valence-electron chi connectivity index (χ3n) is 4.61. The van der Waals surface area contributed by atoms with Crippen LogP contribution in [-0.2, 0) is 6.54 Å². The minimum Gasteiger partial charge on any atom is -0.396 e. The smallest absolute Gasteiger partial charge is 0.253 e. The first-order valence-electron chi connectivity index (χ1n) is 8.54. The maximum atomic E-state index is 12.7. The van der Waals surface area contributed by atoms with Crippen LogP contribution >= 0.6 is 0 Å². The third-order valence-corrected chi connectivity index (χ3v) is 4.61. The van der Waals surface area contributed by atoms with Gasteiger partial charge in [0, 0.05) is 37.5 Å². The van der Waals surface area contributed by atoms with Gasteiger partial charge in [-0.25, -0.2) is 0 Å². The fourth-order valence-corrected chi connectivity index (χ4v) is 3.06. The molecule has 1 aliphatic rings. The number of hydrogen-bond donors (Lipinski definition) is 2. The van der Waals surface area contributed by atoms with Gasteiger partial charge in [0.1, 0.15) is 0 Å². The second kappa shape index (κ2) is 7.97. The van der Waals surface area contributed by atoms with E-state index in [1.807, 2.05) is 47.4 Å². The molecule has 0 spiro atoms. The largest absolute Gasteiger partial charge is 0.396 e. The highest BCUT2D eigenvalue weighted by Gasteiger charge is 2.23. The molecule has 0 atom stereocenters. The van der Waals surface area contributed by atoms with E-state index in [9.17, 15) is 9.90 Å². The highest BCUT2D eigenvalue weighted by molar-refractivity contribution is 5.95. The maximum absolute atomic E-state index is 12.7. The summed E-state index contributed by atoms with van der Waals surface area (Å²) in [4.78, 5) is 14.5. The summed E-state index contributed by atoms with van der Waals surface area (Å²) in [5.74, 6) is 0.419. The van der Waals surface area contributed by atoms with Crippen molar-refractivity contribution in [2.75, 3.05) is 25.0 Å². The zero-order valence-corrected chi connectivity index (χ0v) is 13.8. The number of nitrogens with zero attached hydrogens (tertiary/aromatic N) is 1. The summed E-state index contributed by atoms with van der Waals surface area (Å²) in [7, 11) is 0. The van der Waals surface area contributed by atoms with E-state index in [0.717, 1.165) is 43.7 Å². The Balaban J connectivity index is 1.61. The SMILES string of the molecule is O=C(c1cccc(NCc2ccccc2)c1)N1CCC(CO)CC1. The molecule has 1 fully saturated rings. The van der Waals surface area contributed by atoms with Crippen LogP contribution < -0.4 is 5.32 Å². The number of benzene rings is 2. The molecule has 4 heteroatoms. The quantitative estimate of drug-likeness (QED) is 0.888. The topological polar surface area (TPSA) is 52.6 Å². The molecule has 1 saturated heterocycles. The van der Waals surface area contributed by atoms with E-state index in [1.165, 1.54) is 5.56 Å². The second-order valence-electron chi connectivity index (χ2n) is 6.34. The lowest BCUT2D eigenvalue weighted by molar-refractivity contribution is 0.0651. The summed E-state index contributed by atoms with van der Waals surface area (Å²) in [5.41, 5.74) is 2.88. The van der Waals surface area contributed by atoms with E-state index in [0.29, 0.717) is 5.92 Å². The van der Waals surface area contributed by atoms with Crippen LogP contribution in [0.2, 0.25) is 0 Å². The van der Waals surface area contributed by atoms with Crippen LogP contribution in [0.15, 0.2) is 54.6 Å². The van der Waals surface area contributed by atoms with Gasteiger partial charge in [0.05, 0.1) is 0 Å². The number of hydrogen-bond acceptors (Lipinski definition) is 3. The minimum atomic E-state index is 0.0785. The number of amides is 1. The molecule has 1 aliphatic heterocycles. The summed E-state index contributed by atoms with van der Waals surface area (Å²) in [6, 6.07) is 17.9. The number of aliphatic hydroxyl groups is 1. The van der Waals surface area contributed by atoms with Gasteiger partial charge in [-0.3, -0.25) is 4.79 Å². The van der Waals surface area contributed by atoms with E-state index in [4.69, 9.17) is 0 Å². The monoisotopic (exact) mass is 324 g/mol. The van der Waals surface area contributed by atoms with E-state index in [1.54, 1.807) is 0 Å². The summed E-state index contributed by atoms with van der Waals surface area (Å²) in [6.45, 7) is 2.42. The number of carbonyl (C=O) groups is 1. The molecule has 0 aliphatic carbocycles. The van der Waals surface area contributed by atoms with Gasteiger partial charge < -0.3 is 15.3 Å². The molecule has 2 aromatic rings. The predicted octanol–water partition coefficient (Wildman–Crippen LogP) is 3.14. The van der Waals surface area contributed by atoms with Gasteiger partial charge >= 0.3 is 0 Å². The highest BCUT2D eigenvalue weighted by atomic mass is 16.3. The Kier molecular flexibility index (Phi) is 5.49. The Hall–Kier alpha value is -2.33. The van der Waals surface area contributed by atoms with Gasteiger partial charge in [0.15, 0.2) is 0 Å². The second-order valence-corrected chi connectivity index (χ2v) is 6.34. The van der Waals surface area contributed by atoms with Crippen LogP contribution in [0.4, 0.5) is 5.69 Å². The first-order chi connectivity index (χ1) is 11.8. The molecular weight excluding hydrogens is 300 g/mol. The van der Waals surface area contributed by atoms with Crippen LogP contribution in [0, 0.1) is 5.92 Å². The molecule has 2 aromatic carbocycles. The Morgan fingerprint density at radius 1 is 1.08 bits per heavy atom. The zero-order valence-electron chi connectivity index (χ0n) is 13.8. The first-order valence-corrected chi connectivity index (χ1v) is 8.54. The number of anilines is 1. The van der Waals surface area contributed by atoms with E-state index < -0.39 is 0 Å². The molecule has 1 amide bonds. The molecule has 2 N–H and O–H groups in total. The first kappa shape index (κ1) is 16.5. The van der Waals surface area contributed by atoms with Crippen molar-refractivity contribution < 1.29 is 9.90 Å².